The monoisotopic (exact) mass is 268 g/mol. The van der Waals surface area contributed by atoms with E-state index in [1.807, 2.05) is 12.1 Å². The summed E-state index contributed by atoms with van der Waals surface area (Å²) in [5.74, 6) is 1.40. The Bertz CT molecular complexity index is 417. The van der Waals surface area contributed by atoms with Crippen LogP contribution in [-0.2, 0) is 0 Å². The van der Waals surface area contributed by atoms with E-state index in [1.54, 1.807) is 7.11 Å². The minimum Gasteiger partial charge on any atom is -0.495 e. The van der Waals surface area contributed by atoms with Crippen LogP contribution in [-0.4, -0.2) is 20.2 Å². The van der Waals surface area contributed by atoms with Crippen molar-refractivity contribution < 1.29 is 4.74 Å². The number of hydrogen-bond acceptors (Lipinski definition) is 3. The fourth-order valence-corrected chi connectivity index (χ4v) is 2.88. The molecule has 18 heavy (non-hydrogen) atoms. The molecular formula is C14H21ClN2O. The van der Waals surface area contributed by atoms with Crippen LogP contribution in [0.25, 0.3) is 0 Å². The lowest BCUT2D eigenvalue weighted by molar-refractivity contribution is 0.414. The molecule has 1 saturated heterocycles. The van der Waals surface area contributed by atoms with Crippen molar-refractivity contribution in [2.45, 2.75) is 25.8 Å². The topological polar surface area (TPSA) is 47.3 Å². The van der Waals surface area contributed by atoms with Crippen molar-refractivity contribution >= 4 is 11.6 Å². The van der Waals surface area contributed by atoms with Gasteiger partial charge in [0.25, 0.3) is 0 Å². The highest BCUT2D eigenvalue weighted by Crippen LogP contribution is 2.32. The summed E-state index contributed by atoms with van der Waals surface area (Å²) in [5.41, 5.74) is 8.59. The number of methoxy groups -OCH3 is 1. The second kappa shape index (κ2) is 5.91. The zero-order valence-corrected chi connectivity index (χ0v) is 11.8. The van der Waals surface area contributed by atoms with Crippen molar-refractivity contribution in [2.24, 2.45) is 11.7 Å². The molecule has 3 N–H and O–H groups in total. The van der Waals surface area contributed by atoms with Crippen molar-refractivity contribution in [3.8, 4) is 5.75 Å². The second-order valence-corrected chi connectivity index (χ2v) is 5.45. The second-order valence-electron chi connectivity index (χ2n) is 5.04. The Balaban J connectivity index is 2.13. The summed E-state index contributed by atoms with van der Waals surface area (Å²) < 4.78 is 5.21. The minimum atomic E-state index is 0.0540. The maximum atomic E-state index is 6.31. The number of aryl methyl sites for hydroxylation is 1. The normalized spacial score (nSPS) is 21.0. The summed E-state index contributed by atoms with van der Waals surface area (Å²) in [7, 11) is 1.63. The molecule has 0 amide bonds. The fourth-order valence-electron chi connectivity index (χ4n) is 2.63. The molecule has 1 aromatic carbocycles. The zero-order chi connectivity index (χ0) is 13.1. The number of benzene rings is 1. The first-order valence-electron chi connectivity index (χ1n) is 6.42. The highest BCUT2D eigenvalue weighted by molar-refractivity contribution is 6.32. The lowest BCUT2D eigenvalue weighted by Gasteiger charge is -2.19. The molecule has 0 spiro atoms. The van der Waals surface area contributed by atoms with Crippen LogP contribution in [0.5, 0.6) is 5.75 Å². The molecule has 0 aromatic heterocycles. The van der Waals surface area contributed by atoms with E-state index in [0.717, 1.165) is 30.6 Å². The van der Waals surface area contributed by atoms with Gasteiger partial charge in [0.2, 0.25) is 0 Å². The first-order chi connectivity index (χ1) is 8.61. The molecular weight excluding hydrogens is 248 g/mol. The minimum absolute atomic E-state index is 0.0540. The predicted molar refractivity (Wildman–Crippen MR) is 75.3 cm³/mol. The zero-order valence-electron chi connectivity index (χ0n) is 11.0. The third kappa shape index (κ3) is 2.97. The Kier molecular flexibility index (Phi) is 4.49. The number of ether oxygens (including phenoxy) is 1. The van der Waals surface area contributed by atoms with Gasteiger partial charge in [-0.05, 0) is 62.0 Å². The molecule has 0 radical (unpaired) electrons. The molecule has 2 unspecified atom stereocenters. The molecule has 0 aliphatic carbocycles. The molecule has 100 valence electrons. The van der Waals surface area contributed by atoms with E-state index in [-0.39, 0.29) is 6.04 Å². The average Bonchev–Trinajstić information content (AvgIpc) is 2.84. The Morgan fingerprint density at radius 1 is 1.56 bits per heavy atom. The van der Waals surface area contributed by atoms with Gasteiger partial charge in [0, 0.05) is 6.04 Å². The van der Waals surface area contributed by atoms with Crippen LogP contribution < -0.4 is 15.8 Å². The van der Waals surface area contributed by atoms with Gasteiger partial charge in [-0.1, -0.05) is 11.6 Å². The van der Waals surface area contributed by atoms with Gasteiger partial charge in [-0.3, -0.25) is 0 Å². The summed E-state index contributed by atoms with van der Waals surface area (Å²) >= 11 is 6.17. The van der Waals surface area contributed by atoms with Gasteiger partial charge in [-0.2, -0.15) is 0 Å². The van der Waals surface area contributed by atoms with Gasteiger partial charge in [0.1, 0.15) is 5.75 Å². The number of halogens is 1. The lowest BCUT2D eigenvalue weighted by Crippen LogP contribution is -2.18. The third-order valence-electron chi connectivity index (χ3n) is 3.69. The molecule has 2 atom stereocenters. The fraction of sp³-hybridized carbons (Fsp3) is 0.571. The predicted octanol–water partition coefficient (Wildman–Crippen LogP) is 2.66. The third-order valence-corrected chi connectivity index (χ3v) is 3.98. The van der Waals surface area contributed by atoms with Crippen LogP contribution in [0.4, 0.5) is 0 Å². The van der Waals surface area contributed by atoms with Crippen molar-refractivity contribution in [1.82, 2.24) is 5.32 Å². The smallest absolute Gasteiger partial charge is 0.137 e. The Hall–Kier alpha value is -0.770. The van der Waals surface area contributed by atoms with Crippen LogP contribution in [0.3, 0.4) is 0 Å². The van der Waals surface area contributed by atoms with Gasteiger partial charge >= 0.3 is 0 Å². The van der Waals surface area contributed by atoms with Crippen LogP contribution in [0.2, 0.25) is 5.02 Å². The molecule has 1 heterocycles. The summed E-state index contributed by atoms with van der Waals surface area (Å²) in [6.45, 7) is 4.25. The van der Waals surface area contributed by atoms with E-state index in [0.29, 0.717) is 16.7 Å². The molecule has 1 aromatic rings. The summed E-state index contributed by atoms with van der Waals surface area (Å²) in [6.07, 6.45) is 2.23. The van der Waals surface area contributed by atoms with Crippen LogP contribution in [0, 0.1) is 12.8 Å². The van der Waals surface area contributed by atoms with Crippen molar-refractivity contribution in [1.29, 1.82) is 0 Å². The van der Waals surface area contributed by atoms with Gasteiger partial charge in [-0.25, -0.2) is 0 Å². The average molecular weight is 269 g/mol. The summed E-state index contributed by atoms with van der Waals surface area (Å²) in [6, 6.07) is 3.96. The van der Waals surface area contributed by atoms with Gasteiger partial charge in [-0.15, -0.1) is 0 Å². The van der Waals surface area contributed by atoms with E-state index in [4.69, 9.17) is 22.1 Å². The molecule has 1 fully saturated rings. The molecule has 4 heteroatoms. The maximum absolute atomic E-state index is 6.31. The molecule has 2 rings (SSSR count). The number of rotatable bonds is 4. The number of nitrogens with one attached hydrogen (secondary N) is 1. The first-order valence-corrected chi connectivity index (χ1v) is 6.80. The highest BCUT2D eigenvalue weighted by Gasteiger charge is 2.20. The standard InChI is InChI=1S/C14H21ClN2O/c1-9-5-14(18-2)12(15)7-11(9)13(16)6-10-3-4-17-8-10/h5,7,10,13,17H,3-4,6,8,16H2,1-2H3. The summed E-state index contributed by atoms with van der Waals surface area (Å²) in [5, 5.41) is 4.01. The molecule has 0 bridgehead atoms. The first kappa shape index (κ1) is 13.7. The molecule has 3 nitrogen and oxygen atoms in total. The molecule has 1 aliphatic heterocycles. The van der Waals surface area contributed by atoms with Crippen molar-refractivity contribution in [3.05, 3.63) is 28.3 Å². The Labute approximate surface area is 114 Å². The van der Waals surface area contributed by atoms with E-state index < -0.39 is 0 Å². The van der Waals surface area contributed by atoms with Crippen LogP contribution in [0.1, 0.15) is 30.0 Å². The largest absolute Gasteiger partial charge is 0.495 e. The Morgan fingerprint density at radius 2 is 2.33 bits per heavy atom. The Morgan fingerprint density at radius 3 is 2.94 bits per heavy atom. The van der Waals surface area contributed by atoms with E-state index >= 15 is 0 Å². The number of nitrogens with two attached hydrogens (primary N) is 1. The van der Waals surface area contributed by atoms with Crippen LogP contribution >= 0.6 is 11.6 Å². The van der Waals surface area contributed by atoms with Gasteiger partial charge in [0.05, 0.1) is 12.1 Å². The SMILES string of the molecule is COc1cc(C)c(C(N)CC2CCNC2)cc1Cl. The molecule has 1 aliphatic rings. The summed E-state index contributed by atoms with van der Waals surface area (Å²) in [4.78, 5) is 0. The van der Waals surface area contributed by atoms with Crippen molar-refractivity contribution in [3.63, 3.8) is 0 Å². The molecule has 0 saturated carbocycles. The van der Waals surface area contributed by atoms with Crippen LogP contribution in [0.15, 0.2) is 12.1 Å². The quantitative estimate of drug-likeness (QED) is 0.883. The maximum Gasteiger partial charge on any atom is 0.137 e. The van der Waals surface area contributed by atoms with E-state index in [2.05, 4.69) is 12.2 Å². The van der Waals surface area contributed by atoms with E-state index in [9.17, 15) is 0 Å². The van der Waals surface area contributed by atoms with Gasteiger partial charge < -0.3 is 15.8 Å². The highest BCUT2D eigenvalue weighted by atomic mass is 35.5. The van der Waals surface area contributed by atoms with Gasteiger partial charge in [0.15, 0.2) is 0 Å². The number of hydrogen-bond donors (Lipinski definition) is 2. The lowest BCUT2D eigenvalue weighted by atomic mass is 9.92. The van der Waals surface area contributed by atoms with Crippen molar-refractivity contribution in [2.75, 3.05) is 20.2 Å². The van der Waals surface area contributed by atoms with E-state index in [1.165, 1.54) is 6.42 Å².